The molecule has 31 heavy (non-hydrogen) atoms. The zero-order valence-corrected chi connectivity index (χ0v) is 17.0. The van der Waals surface area contributed by atoms with Gasteiger partial charge in [0.25, 0.3) is 5.91 Å². The third-order valence-corrected chi connectivity index (χ3v) is 5.37. The van der Waals surface area contributed by atoms with Gasteiger partial charge in [-0.05, 0) is 23.8 Å². The number of anilines is 1. The molecule has 1 amide bonds. The van der Waals surface area contributed by atoms with Crippen LogP contribution in [0, 0.1) is 0 Å². The van der Waals surface area contributed by atoms with E-state index in [4.69, 9.17) is 4.74 Å². The Labute approximate surface area is 178 Å². The number of para-hydroxylation sites is 1. The standard InChI is InChI=1S/C23H22F3N3O2/c1-28(15-16-6-8-17(9-7-16)29-10-12-31-13-11-29)22(30)19-14-27-20-5-3-2-4-18(20)21(19)23(24,25)26/h2-9,14H,10-13,15H2,1H3. The highest BCUT2D eigenvalue weighted by atomic mass is 19.4. The molecule has 0 unspecified atom stereocenters. The van der Waals surface area contributed by atoms with Crippen LogP contribution in [0.15, 0.2) is 54.7 Å². The van der Waals surface area contributed by atoms with Crippen molar-refractivity contribution >= 4 is 22.5 Å². The molecule has 8 heteroatoms. The fourth-order valence-corrected chi connectivity index (χ4v) is 3.79. The lowest BCUT2D eigenvalue weighted by Crippen LogP contribution is -2.36. The predicted molar refractivity (Wildman–Crippen MR) is 112 cm³/mol. The minimum Gasteiger partial charge on any atom is -0.378 e. The van der Waals surface area contributed by atoms with E-state index in [1.54, 1.807) is 6.07 Å². The van der Waals surface area contributed by atoms with Crippen LogP contribution in [0.25, 0.3) is 10.9 Å². The van der Waals surface area contributed by atoms with Crippen LogP contribution in [0.2, 0.25) is 0 Å². The van der Waals surface area contributed by atoms with Crippen molar-refractivity contribution in [1.29, 1.82) is 0 Å². The second-order valence-electron chi connectivity index (χ2n) is 7.49. The smallest absolute Gasteiger partial charge is 0.378 e. The zero-order valence-electron chi connectivity index (χ0n) is 17.0. The second kappa shape index (κ2) is 8.55. The van der Waals surface area contributed by atoms with E-state index in [0.717, 1.165) is 30.5 Å². The van der Waals surface area contributed by atoms with E-state index in [9.17, 15) is 18.0 Å². The maximum Gasteiger partial charge on any atom is 0.417 e. The van der Waals surface area contributed by atoms with Crippen molar-refractivity contribution < 1.29 is 22.7 Å². The van der Waals surface area contributed by atoms with Gasteiger partial charge in [-0.3, -0.25) is 9.78 Å². The van der Waals surface area contributed by atoms with Gasteiger partial charge in [0.15, 0.2) is 0 Å². The number of ether oxygens (including phenoxy) is 1. The third kappa shape index (κ3) is 4.49. The number of nitrogens with zero attached hydrogens (tertiary/aromatic N) is 3. The van der Waals surface area contributed by atoms with Crippen molar-refractivity contribution in [3.8, 4) is 0 Å². The van der Waals surface area contributed by atoms with E-state index < -0.39 is 23.2 Å². The molecule has 1 aliphatic rings. The van der Waals surface area contributed by atoms with Crippen LogP contribution in [0.5, 0.6) is 0 Å². The highest BCUT2D eigenvalue weighted by Crippen LogP contribution is 2.37. The first kappa shape index (κ1) is 21.1. The molecule has 5 nitrogen and oxygen atoms in total. The molecule has 0 bridgehead atoms. The van der Waals surface area contributed by atoms with Crippen LogP contribution in [0.1, 0.15) is 21.5 Å². The Morgan fingerprint density at radius 3 is 2.45 bits per heavy atom. The summed E-state index contributed by atoms with van der Waals surface area (Å²) in [5.74, 6) is -0.720. The van der Waals surface area contributed by atoms with Crippen LogP contribution in [-0.2, 0) is 17.5 Å². The molecule has 4 rings (SSSR count). The van der Waals surface area contributed by atoms with E-state index in [1.807, 2.05) is 24.3 Å². The van der Waals surface area contributed by atoms with Crippen LogP contribution in [0.4, 0.5) is 18.9 Å². The van der Waals surface area contributed by atoms with Crippen LogP contribution in [0.3, 0.4) is 0 Å². The molecule has 0 N–H and O–H groups in total. The average Bonchev–Trinajstić information content (AvgIpc) is 2.78. The number of rotatable bonds is 4. The molecule has 0 radical (unpaired) electrons. The van der Waals surface area contributed by atoms with E-state index in [0.29, 0.717) is 13.2 Å². The first-order valence-electron chi connectivity index (χ1n) is 9.96. The minimum absolute atomic E-state index is 0.0795. The Morgan fingerprint density at radius 2 is 1.77 bits per heavy atom. The third-order valence-electron chi connectivity index (χ3n) is 5.37. The highest BCUT2D eigenvalue weighted by Gasteiger charge is 2.38. The molecule has 1 aliphatic heterocycles. The predicted octanol–water partition coefficient (Wildman–Crippen LogP) is 4.36. The molecule has 0 atom stereocenters. The lowest BCUT2D eigenvalue weighted by Gasteiger charge is -2.29. The van der Waals surface area contributed by atoms with E-state index in [-0.39, 0.29) is 17.4 Å². The largest absolute Gasteiger partial charge is 0.417 e. The van der Waals surface area contributed by atoms with Gasteiger partial charge in [-0.2, -0.15) is 13.2 Å². The fraction of sp³-hybridized carbons (Fsp3) is 0.304. The molecule has 2 aromatic carbocycles. The average molecular weight is 429 g/mol. The summed E-state index contributed by atoms with van der Waals surface area (Å²) in [5.41, 5.74) is 0.693. The summed E-state index contributed by atoms with van der Waals surface area (Å²) in [6.45, 7) is 3.17. The van der Waals surface area contributed by atoms with Crippen LogP contribution in [-0.4, -0.2) is 49.1 Å². The number of hydrogen-bond donors (Lipinski definition) is 0. The molecule has 3 aromatic rings. The number of benzene rings is 2. The van der Waals surface area contributed by atoms with Gasteiger partial charge in [0.05, 0.1) is 29.9 Å². The summed E-state index contributed by atoms with van der Waals surface area (Å²) in [6, 6.07) is 13.6. The van der Waals surface area contributed by atoms with Gasteiger partial charge >= 0.3 is 6.18 Å². The SMILES string of the molecule is CN(Cc1ccc(N2CCOCC2)cc1)C(=O)c1cnc2ccccc2c1C(F)(F)F. The lowest BCUT2D eigenvalue weighted by atomic mass is 10.0. The molecule has 0 aliphatic carbocycles. The Hall–Kier alpha value is -3.13. The fourth-order valence-electron chi connectivity index (χ4n) is 3.79. The Bertz CT molecular complexity index is 1080. The summed E-state index contributed by atoms with van der Waals surface area (Å²) in [6.07, 6.45) is -3.65. The van der Waals surface area contributed by atoms with E-state index >= 15 is 0 Å². The Morgan fingerprint density at radius 1 is 1.10 bits per heavy atom. The number of aromatic nitrogens is 1. The molecule has 1 saturated heterocycles. The topological polar surface area (TPSA) is 45.7 Å². The van der Waals surface area contributed by atoms with Gasteiger partial charge in [0, 0.05) is 44.0 Å². The number of amides is 1. The lowest BCUT2D eigenvalue weighted by molar-refractivity contribution is -0.136. The summed E-state index contributed by atoms with van der Waals surface area (Å²) < 4.78 is 46.9. The number of halogens is 3. The molecule has 1 aromatic heterocycles. The van der Waals surface area contributed by atoms with Gasteiger partial charge in [0.2, 0.25) is 0 Å². The van der Waals surface area contributed by atoms with E-state index in [2.05, 4.69) is 9.88 Å². The van der Waals surface area contributed by atoms with Crippen molar-refractivity contribution in [2.45, 2.75) is 12.7 Å². The number of alkyl halides is 3. The molecular weight excluding hydrogens is 407 g/mol. The van der Waals surface area contributed by atoms with Crippen LogP contribution < -0.4 is 4.90 Å². The van der Waals surface area contributed by atoms with Crippen molar-refractivity contribution in [2.24, 2.45) is 0 Å². The highest BCUT2D eigenvalue weighted by molar-refractivity contribution is 6.00. The molecule has 1 fully saturated rings. The number of carbonyl (C=O) groups is 1. The van der Waals surface area contributed by atoms with Crippen molar-refractivity contribution in [3.05, 3.63) is 71.4 Å². The number of hydrogen-bond acceptors (Lipinski definition) is 4. The van der Waals surface area contributed by atoms with Gasteiger partial charge in [-0.15, -0.1) is 0 Å². The molecular formula is C23H22F3N3O2. The van der Waals surface area contributed by atoms with Crippen molar-refractivity contribution in [3.63, 3.8) is 0 Å². The summed E-state index contributed by atoms with van der Waals surface area (Å²) in [5, 5.41) is -0.0795. The molecule has 0 saturated carbocycles. The van der Waals surface area contributed by atoms with Crippen molar-refractivity contribution in [2.75, 3.05) is 38.3 Å². The van der Waals surface area contributed by atoms with Gasteiger partial charge in [-0.25, -0.2) is 0 Å². The quantitative estimate of drug-likeness (QED) is 0.618. The maximum atomic E-state index is 13.8. The van der Waals surface area contributed by atoms with Gasteiger partial charge < -0.3 is 14.5 Å². The first-order chi connectivity index (χ1) is 14.8. The minimum atomic E-state index is -4.67. The number of morpholine rings is 1. The summed E-state index contributed by atoms with van der Waals surface area (Å²) >= 11 is 0. The normalized spacial score (nSPS) is 14.6. The van der Waals surface area contributed by atoms with Gasteiger partial charge in [-0.1, -0.05) is 30.3 Å². The first-order valence-corrected chi connectivity index (χ1v) is 9.96. The van der Waals surface area contributed by atoms with Gasteiger partial charge in [0.1, 0.15) is 0 Å². The number of carbonyl (C=O) groups excluding carboxylic acids is 1. The maximum absolute atomic E-state index is 13.8. The van der Waals surface area contributed by atoms with E-state index in [1.165, 1.54) is 30.1 Å². The van der Waals surface area contributed by atoms with Crippen LogP contribution >= 0.6 is 0 Å². The summed E-state index contributed by atoms with van der Waals surface area (Å²) in [7, 11) is 1.49. The number of fused-ring (bicyclic) bond motifs is 1. The molecule has 2 heterocycles. The summed E-state index contributed by atoms with van der Waals surface area (Å²) in [4.78, 5) is 20.5. The monoisotopic (exact) mass is 429 g/mol. The molecule has 0 spiro atoms. The Kier molecular flexibility index (Phi) is 5.82. The number of pyridine rings is 1. The van der Waals surface area contributed by atoms with Crippen molar-refractivity contribution in [1.82, 2.24) is 9.88 Å². The molecule has 162 valence electrons. The Balaban J connectivity index is 1.56. The second-order valence-corrected chi connectivity index (χ2v) is 7.49. The zero-order chi connectivity index (χ0) is 22.0.